The van der Waals surface area contributed by atoms with E-state index >= 15 is 0 Å². The van der Waals surface area contributed by atoms with Crippen LogP contribution in [0.3, 0.4) is 0 Å². The maximum Gasteiger partial charge on any atom is 0.475 e. The van der Waals surface area contributed by atoms with Gasteiger partial charge in [0.15, 0.2) is 0 Å². The highest BCUT2D eigenvalue weighted by atomic mass is 28.5. The van der Waals surface area contributed by atoms with Crippen molar-refractivity contribution in [3.63, 3.8) is 0 Å². The van der Waals surface area contributed by atoms with Gasteiger partial charge in [-0.2, -0.15) is 0 Å². The molecule has 6 aromatic carbocycles. The summed E-state index contributed by atoms with van der Waals surface area (Å²) in [5.74, 6) is 0. The lowest BCUT2D eigenvalue weighted by Crippen LogP contribution is -2.72. The largest absolute Gasteiger partial charge is 0.475 e. The molecule has 2 atom stereocenters. The van der Waals surface area contributed by atoms with Crippen molar-refractivity contribution in [3.05, 3.63) is 182 Å². The molecule has 17 heteroatoms. The van der Waals surface area contributed by atoms with Crippen molar-refractivity contribution in [2.24, 2.45) is 0 Å². The fourth-order valence-electron chi connectivity index (χ4n) is 6.98. The molecule has 6 aromatic rings. The molecule has 0 aliphatic heterocycles. The van der Waals surface area contributed by atoms with Crippen LogP contribution in [0.15, 0.2) is 182 Å². The molecule has 0 radical (unpaired) electrons. The average Bonchev–Trinajstić information content (AvgIpc) is 3.30. The fourth-order valence-corrected chi connectivity index (χ4v) is 33.3. The normalized spacial score (nSPS) is 13.4. The lowest BCUT2D eigenvalue weighted by atomic mass is 10.4. The molecule has 0 aliphatic rings. The van der Waals surface area contributed by atoms with Crippen LogP contribution in [-0.2, 0) is 42.4 Å². The predicted octanol–water partition coefficient (Wildman–Crippen LogP) is 2.58. The van der Waals surface area contributed by atoms with Crippen LogP contribution in [0.25, 0.3) is 0 Å². The summed E-state index contributed by atoms with van der Waals surface area (Å²) in [7, 11) is -15.3. The second-order valence-corrected chi connectivity index (χ2v) is 31.5. The summed E-state index contributed by atoms with van der Waals surface area (Å²) >= 11 is 0. The van der Waals surface area contributed by atoms with Crippen molar-refractivity contribution >= 4 is 94.4 Å². The molecular weight excluding hydrogens is 861 g/mol. The van der Waals surface area contributed by atoms with Crippen molar-refractivity contribution in [1.29, 1.82) is 0 Å². The molecule has 0 amide bonds. The maximum absolute atomic E-state index is 7.59. The van der Waals surface area contributed by atoms with E-state index in [-0.39, 0.29) is 0 Å². The zero-order valence-electron chi connectivity index (χ0n) is 34.2. The second-order valence-electron chi connectivity index (χ2n) is 13.4. The fraction of sp³-hybridized carbons (Fsp3) is 0.143. The van der Waals surface area contributed by atoms with Crippen LogP contribution in [0, 0.1) is 0 Å². The van der Waals surface area contributed by atoms with Crippen molar-refractivity contribution < 1.29 is 42.4 Å². The van der Waals surface area contributed by atoms with Crippen LogP contribution >= 0.6 is 0 Å². The lowest BCUT2D eigenvalue weighted by Gasteiger charge is -2.41. The van der Waals surface area contributed by atoms with Crippen LogP contribution in [0.1, 0.15) is 0 Å². The summed E-state index contributed by atoms with van der Waals surface area (Å²) < 4.78 is 67.3. The van der Waals surface area contributed by atoms with Crippen LogP contribution < -0.4 is 31.1 Å². The molecule has 0 fully saturated rings. The van der Waals surface area contributed by atoms with E-state index in [2.05, 4.69) is 24.3 Å². The molecule has 0 saturated heterocycles. The van der Waals surface area contributed by atoms with E-state index in [1.165, 1.54) is 0 Å². The summed E-state index contributed by atoms with van der Waals surface area (Å²) in [5, 5.41) is 5.47. The van der Waals surface area contributed by atoms with Gasteiger partial charge in [0.1, 0.15) is 0 Å². The zero-order chi connectivity index (χ0) is 41.6. The molecule has 0 aliphatic carbocycles. The molecule has 0 bridgehead atoms. The number of rotatable bonds is 22. The summed E-state index contributed by atoms with van der Waals surface area (Å²) in [6, 6.07) is 60.6. The molecule has 308 valence electrons. The van der Waals surface area contributed by atoms with Gasteiger partial charge < -0.3 is 42.4 Å². The Balaban J connectivity index is 1.49. The third-order valence-electron chi connectivity index (χ3n) is 9.54. The Hall–Kier alpha value is -3.56. The molecule has 0 N–H and O–H groups in total. The molecule has 6 rings (SSSR count). The number of benzene rings is 6. The SMILES string of the molecule is CO[SiH](OC)O[Si](O[SiH](C)O[Si](O[SiH](C)O[Si](O[SiH](OC)OC)(c1ccccc1)c1ccccc1)(c1ccccc1)c1ccccc1)(c1ccccc1)c1ccccc1. The van der Waals surface area contributed by atoms with E-state index in [0.717, 1.165) is 31.1 Å². The minimum absolute atomic E-state index is 0.910. The standard InChI is InChI=1S/C42H52O10Si7/c1-43-55(44-2)51-58(39-29-17-9-18-30-39,40-31-19-10-20-32-40)49-53(5)47-57(37-25-13-7-14-26-37,38-27-15-8-16-28-38)48-54(6)50-59(52-56(45-3)46-4,41-33-21-11-22-34-41)42-35-23-12-24-36-42/h7-36,53-56H,1-6H3. The summed E-state index contributed by atoms with van der Waals surface area (Å²) in [4.78, 5) is 0. The molecule has 59 heavy (non-hydrogen) atoms. The van der Waals surface area contributed by atoms with Gasteiger partial charge in [-0.1, -0.05) is 182 Å². The monoisotopic (exact) mass is 912 g/mol. The first-order chi connectivity index (χ1) is 28.8. The van der Waals surface area contributed by atoms with E-state index < -0.39 is 63.3 Å². The van der Waals surface area contributed by atoms with Gasteiger partial charge >= 0.3 is 63.3 Å². The van der Waals surface area contributed by atoms with Crippen molar-refractivity contribution in [2.45, 2.75) is 13.1 Å². The zero-order valence-corrected chi connectivity index (χ0v) is 41.8. The Bertz CT molecular complexity index is 1860. The first-order valence-corrected chi connectivity index (χ1v) is 31.8. The van der Waals surface area contributed by atoms with Gasteiger partial charge in [-0.05, 0) is 44.2 Å². The van der Waals surface area contributed by atoms with Gasteiger partial charge in [0, 0.05) is 28.4 Å². The minimum Gasteiger partial charge on any atom is -0.411 e. The van der Waals surface area contributed by atoms with Crippen molar-refractivity contribution in [3.8, 4) is 0 Å². The van der Waals surface area contributed by atoms with E-state index in [9.17, 15) is 0 Å². The lowest BCUT2D eigenvalue weighted by molar-refractivity contribution is 0.185. The molecule has 0 heterocycles. The van der Waals surface area contributed by atoms with Gasteiger partial charge in [-0.15, -0.1) is 0 Å². The first-order valence-electron chi connectivity index (χ1n) is 19.3. The number of hydrogen-bond acceptors (Lipinski definition) is 10. The van der Waals surface area contributed by atoms with Crippen molar-refractivity contribution in [1.82, 2.24) is 0 Å². The molecule has 0 saturated carbocycles. The maximum atomic E-state index is 7.59. The van der Waals surface area contributed by atoms with Gasteiger partial charge in [-0.3, -0.25) is 0 Å². The van der Waals surface area contributed by atoms with Crippen LogP contribution in [-0.4, -0.2) is 91.7 Å². The Kier molecular flexibility index (Phi) is 16.6. The Morgan fingerprint density at radius 1 is 0.271 bits per heavy atom. The quantitative estimate of drug-likeness (QED) is 0.0949. The van der Waals surface area contributed by atoms with Gasteiger partial charge in [0.05, 0.1) is 0 Å². The van der Waals surface area contributed by atoms with Gasteiger partial charge in [0.25, 0.3) is 0 Å². The Morgan fingerprint density at radius 2 is 0.441 bits per heavy atom. The topological polar surface area (TPSA) is 92.3 Å². The molecule has 2 unspecified atom stereocenters. The van der Waals surface area contributed by atoms with E-state index in [1.807, 2.05) is 171 Å². The second kappa shape index (κ2) is 21.8. The smallest absolute Gasteiger partial charge is 0.411 e. The number of hydrogen-bond donors (Lipinski definition) is 0. The predicted molar refractivity (Wildman–Crippen MR) is 249 cm³/mol. The van der Waals surface area contributed by atoms with E-state index in [1.54, 1.807) is 28.4 Å². The highest BCUT2D eigenvalue weighted by Gasteiger charge is 2.53. The van der Waals surface area contributed by atoms with E-state index in [4.69, 9.17) is 42.4 Å². The van der Waals surface area contributed by atoms with Gasteiger partial charge in [0.2, 0.25) is 0 Å². The third kappa shape index (κ3) is 10.7. The summed E-state index contributed by atoms with van der Waals surface area (Å²) in [6.07, 6.45) is 0. The average molecular weight is 913 g/mol. The van der Waals surface area contributed by atoms with Crippen LogP contribution in [0.2, 0.25) is 13.1 Å². The highest BCUT2D eigenvalue weighted by molar-refractivity contribution is 7.02. The molecule has 10 nitrogen and oxygen atoms in total. The third-order valence-corrected chi connectivity index (χ3v) is 32.5. The molecular formula is C42H52O10Si7. The van der Waals surface area contributed by atoms with E-state index in [0.29, 0.717) is 0 Å². The summed E-state index contributed by atoms with van der Waals surface area (Å²) in [5.41, 5.74) is 0. The minimum atomic E-state index is -3.69. The van der Waals surface area contributed by atoms with Crippen LogP contribution in [0.5, 0.6) is 0 Å². The van der Waals surface area contributed by atoms with Crippen molar-refractivity contribution in [2.75, 3.05) is 28.4 Å². The molecule has 0 spiro atoms. The Labute approximate surface area is 358 Å². The summed E-state index contributed by atoms with van der Waals surface area (Å²) in [6.45, 7) is 4.08. The van der Waals surface area contributed by atoms with Gasteiger partial charge in [-0.25, -0.2) is 0 Å². The molecule has 0 aromatic heterocycles. The van der Waals surface area contributed by atoms with Crippen LogP contribution in [0.4, 0.5) is 0 Å². The highest BCUT2D eigenvalue weighted by Crippen LogP contribution is 2.22. The first kappa shape index (κ1) is 45.0. The Morgan fingerprint density at radius 3 is 0.610 bits per heavy atom.